The molecular formula is C20H24FNO4. The van der Waals surface area contributed by atoms with Crippen LogP contribution in [0, 0.1) is 5.82 Å². The molecule has 0 aliphatic heterocycles. The van der Waals surface area contributed by atoms with Gasteiger partial charge in [0, 0.05) is 6.54 Å². The van der Waals surface area contributed by atoms with Gasteiger partial charge in [-0.1, -0.05) is 6.07 Å². The Morgan fingerprint density at radius 3 is 2.35 bits per heavy atom. The lowest BCUT2D eigenvalue weighted by molar-refractivity contribution is -0.123. The predicted molar refractivity (Wildman–Crippen MR) is 97.4 cm³/mol. The highest BCUT2D eigenvalue weighted by Crippen LogP contribution is 2.28. The molecule has 0 aliphatic carbocycles. The van der Waals surface area contributed by atoms with Crippen molar-refractivity contribution in [2.75, 3.05) is 26.4 Å². The average molecular weight is 361 g/mol. The summed E-state index contributed by atoms with van der Waals surface area (Å²) >= 11 is 0. The van der Waals surface area contributed by atoms with Crippen molar-refractivity contribution in [3.63, 3.8) is 0 Å². The highest BCUT2D eigenvalue weighted by molar-refractivity contribution is 5.77. The quantitative estimate of drug-likeness (QED) is 0.705. The first-order valence-corrected chi connectivity index (χ1v) is 8.66. The van der Waals surface area contributed by atoms with Crippen molar-refractivity contribution in [3.8, 4) is 17.2 Å². The monoisotopic (exact) mass is 361 g/mol. The molecule has 0 atom stereocenters. The van der Waals surface area contributed by atoms with Gasteiger partial charge in [0.2, 0.25) is 0 Å². The molecule has 2 aromatic carbocycles. The molecule has 0 unspecified atom stereocenters. The molecule has 5 nitrogen and oxygen atoms in total. The molecule has 6 heteroatoms. The summed E-state index contributed by atoms with van der Waals surface area (Å²) in [6, 6.07) is 11.3. The second kappa shape index (κ2) is 10.3. The number of benzene rings is 2. The first kappa shape index (κ1) is 19.6. The zero-order chi connectivity index (χ0) is 18.8. The maximum Gasteiger partial charge on any atom is 0.257 e. The molecule has 0 aliphatic rings. The number of ether oxygens (including phenoxy) is 3. The van der Waals surface area contributed by atoms with Gasteiger partial charge in [-0.05, 0) is 62.2 Å². The fraction of sp³-hybridized carbons (Fsp3) is 0.350. The number of carbonyl (C=O) groups is 1. The van der Waals surface area contributed by atoms with Crippen molar-refractivity contribution in [2.24, 2.45) is 0 Å². The fourth-order valence-electron chi connectivity index (χ4n) is 2.33. The molecule has 0 saturated carbocycles. The molecule has 2 rings (SSSR count). The largest absolute Gasteiger partial charge is 0.490 e. The standard InChI is InChI=1S/C20H24FNO4/c1-3-24-18-10-5-15(13-19(18)25-4-2)11-12-22-20(23)14-26-17-8-6-16(21)7-9-17/h5-10,13H,3-4,11-12,14H2,1-2H3,(H,22,23). The summed E-state index contributed by atoms with van der Waals surface area (Å²) in [6.45, 7) is 5.34. The normalized spacial score (nSPS) is 10.3. The SMILES string of the molecule is CCOc1ccc(CCNC(=O)COc2ccc(F)cc2)cc1OCC. The van der Waals surface area contributed by atoms with Crippen LogP contribution in [0.5, 0.6) is 17.2 Å². The van der Waals surface area contributed by atoms with E-state index in [9.17, 15) is 9.18 Å². The lowest BCUT2D eigenvalue weighted by Crippen LogP contribution is -2.30. The topological polar surface area (TPSA) is 56.8 Å². The van der Waals surface area contributed by atoms with E-state index in [0.29, 0.717) is 37.7 Å². The summed E-state index contributed by atoms with van der Waals surface area (Å²) in [5.74, 6) is 1.30. The van der Waals surface area contributed by atoms with Crippen LogP contribution in [0.15, 0.2) is 42.5 Å². The summed E-state index contributed by atoms with van der Waals surface area (Å²) < 4.78 is 29.2. The predicted octanol–water partition coefficient (Wildman–Crippen LogP) is 3.36. The Bertz CT molecular complexity index is 703. The Kier molecular flexibility index (Phi) is 7.74. The lowest BCUT2D eigenvalue weighted by atomic mass is 10.1. The number of hydrogen-bond acceptors (Lipinski definition) is 4. The molecular weight excluding hydrogens is 337 g/mol. The second-order valence-corrected chi connectivity index (χ2v) is 5.49. The molecule has 2 aromatic rings. The number of nitrogens with one attached hydrogen (secondary N) is 1. The number of halogens is 1. The number of carbonyl (C=O) groups excluding carboxylic acids is 1. The number of rotatable bonds is 10. The smallest absolute Gasteiger partial charge is 0.257 e. The van der Waals surface area contributed by atoms with Crippen LogP contribution in [0.4, 0.5) is 4.39 Å². The summed E-state index contributed by atoms with van der Waals surface area (Å²) in [4.78, 5) is 11.8. The molecule has 0 fully saturated rings. The van der Waals surface area contributed by atoms with Crippen molar-refractivity contribution >= 4 is 5.91 Å². The van der Waals surface area contributed by atoms with E-state index < -0.39 is 0 Å². The van der Waals surface area contributed by atoms with E-state index in [-0.39, 0.29) is 18.3 Å². The first-order valence-electron chi connectivity index (χ1n) is 8.66. The van der Waals surface area contributed by atoms with Gasteiger partial charge in [0.1, 0.15) is 11.6 Å². The van der Waals surface area contributed by atoms with E-state index in [0.717, 1.165) is 11.3 Å². The number of hydrogen-bond donors (Lipinski definition) is 1. The Morgan fingerprint density at radius 1 is 0.962 bits per heavy atom. The van der Waals surface area contributed by atoms with Crippen LogP contribution < -0.4 is 19.5 Å². The maximum atomic E-state index is 12.8. The molecule has 0 heterocycles. The van der Waals surface area contributed by atoms with Gasteiger partial charge in [0.05, 0.1) is 13.2 Å². The third-order valence-corrected chi connectivity index (χ3v) is 3.53. The van der Waals surface area contributed by atoms with Crippen LogP contribution in [0.3, 0.4) is 0 Å². The Morgan fingerprint density at radius 2 is 1.65 bits per heavy atom. The molecule has 0 saturated heterocycles. The van der Waals surface area contributed by atoms with Crippen LogP contribution in [0.2, 0.25) is 0 Å². The van der Waals surface area contributed by atoms with Crippen molar-refractivity contribution in [1.82, 2.24) is 5.32 Å². The highest BCUT2D eigenvalue weighted by atomic mass is 19.1. The fourth-order valence-corrected chi connectivity index (χ4v) is 2.33. The average Bonchev–Trinajstić information content (AvgIpc) is 2.64. The summed E-state index contributed by atoms with van der Waals surface area (Å²) in [5, 5.41) is 2.79. The maximum absolute atomic E-state index is 12.8. The Balaban J connectivity index is 1.78. The summed E-state index contributed by atoms with van der Waals surface area (Å²) in [5.41, 5.74) is 1.04. The van der Waals surface area contributed by atoms with E-state index in [2.05, 4.69) is 5.32 Å². The van der Waals surface area contributed by atoms with Crippen molar-refractivity contribution in [1.29, 1.82) is 0 Å². The van der Waals surface area contributed by atoms with Gasteiger partial charge in [-0.15, -0.1) is 0 Å². The second-order valence-electron chi connectivity index (χ2n) is 5.49. The molecule has 1 N–H and O–H groups in total. The Labute approximate surface area is 153 Å². The van der Waals surface area contributed by atoms with Crippen molar-refractivity contribution in [3.05, 3.63) is 53.8 Å². The molecule has 0 spiro atoms. The molecule has 1 amide bonds. The molecule has 0 radical (unpaired) electrons. The summed E-state index contributed by atoms with van der Waals surface area (Å²) in [6.07, 6.45) is 0.661. The molecule has 0 aromatic heterocycles. The van der Waals surface area contributed by atoms with E-state index in [1.54, 1.807) is 0 Å². The van der Waals surface area contributed by atoms with Crippen molar-refractivity contribution < 1.29 is 23.4 Å². The van der Waals surface area contributed by atoms with E-state index in [1.165, 1.54) is 24.3 Å². The lowest BCUT2D eigenvalue weighted by Gasteiger charge is -2.13. The van der Waals surface area contributed by atoms with E-state index in [1.807, 2.05) is 32.0 Å². The minimum absolute atomic E-state index is 0.112. The molecule has 140 valence electrons. The van der Waals surface area contributed by atoms with Gasteiger partial charge in [0.25, 0.3) is 5.91 Å². The third kappa shape index (κ3) is 6.27. The van der Waals surface area contributed by atoms with Crippen molar-refractivity contribution in [2.45, 2.75) is 20.3 Å². The highest BCUT2D eigenvalue weighted by Gasteiger charge is 2.07. The van der Waals surface area contributed by atoms with Gasteiger partial charge in [-0.3, -0.25) is 4.79 Å². The van der Waals surface area contributed by atoms with Crippen LogP contribution in [-0.2, 0) is 11.2 Å². The third-order valence-electron chi connectivity index (χ3n) is 3.53. The molecule has 0 bridgehead atoms. The van der Waals surface area contributed by atoms with E-state index in [4.69, 9.17) is 14.2 Å². The van der Waals surface area contributed by atoms with Crippen LogP contribution >= 0.6 is 0 Å². The Hall–Kier alpha value is -2.76. The first-order chi connectivity index (χ1) is 12.6. The van der Waals surface area contributed by atoms with Gasteiger partial charge in [0.15, 0.2) is 18.1 Å². The minimum atomic E-state index is -0.344. The van der Waals surface area contributed by atoms with Crippen LogP contribution in [0.1, 0.15) is 19.4 Å². The van der Waals surface area contributed by atoms with Crippen LogP contribution in [0.25, 0.3) is 0 Å². The summed E-state index contributed by atoms with van der Waals surface area (Å²) in [7, 11) is 0. The van der Waals surface area contributed by atoms with Gasteiger partial charge >= 0.3 is 0 Å². The van der Waals surface area contributed by atoms with E-state index >= 15 is 0 Å². The van der Waals surface area contributed by atoms with Crippen LogP contribution in [-0.4, -0.2) is 32.3 Å². The zero-order valence-corrected chi connectivity index (χ0v) is 15.1. The van der Waals surface area contributed by atoms with Gasteiger partial charge < -0.3 is 19.5 Å². The van der Waals surface area contributed by atoms with Gasteiger partial charge in [-0.25, -0.2) is 4.39 Å². The minimum Gasteiger partial charge on any atom is -0.490 e. The zero-order valence-electron chi connectivity index (χ0n) is 15.1. The van der Waals surface area contributed by atoms with Gasteiger partial charge in [-0.2, -0.15) is 0 Å². The number of amides is 1. The molecule has 26 heavy (non-hydrogen) atoms.